The largest absolute Gasteiger partial charge is 0.481 e. The molecule has 0 aliphatic rings. The van der Waals surface area contributed by atoms with E-state index in [0.717, 1.165) is 0 Å². The van der Waals surface area contributed by atoms with E-state index < -0.39 is 33.7 Å². The van der Waals surface area contributed by atoms with Gasteiger partial charge in [0, 0.05) is 0 Å². The molecule has 1 atom stereocenters. The summed E-state index contributed by atoms with van der Waals surface area (Å²) in [5, 5.41) is 13.9. The molecule has 0 aliphatic heterocycles. The van der Waals surface area contributed by atoms with Crippen LogP contribution in [0.2, 0.25) is 3.67 Å². The van der Waals surface area contributed by atoms with Crippen molar-refractivity contribution in [1.29, 1.82) is 0 Å². The SMILES string of the molecule is CCCCCCCCCCC[CH2][Na].O=C(O)CC(C(=O)O)S(=O)(=O)O. The van der Waals surface area contributed by atoms with Crippen LogP contribution in [0, 0.1) is 0 Å². The van der Waals surface area contributed by atoms with Crippen LogP contribution in [-0.2, 0) is 19.7 Å². The van der Waals surface area contributed by atoms with Gasteiger partial charge >= 0.3 is 115 Å². The van der Waals surface area contributed by atoms with E-state index >= 15 is 0 Å². The molecule has 0 radical (unpaired) electrons. The summed E-state index contributed by atoms with van der Waals surface area (Å²) in [6, 6.07) is 0. The third kappa shape index (κ3) is 20.0. The Labute approximate surface area is 168 Å². The third-order valence-electron chi connectivity index (χ3n) is 3.70. The molecule has 144 valence electrons. The number of carboxylic acids is 2. The summed E-state index contributed by atoms with van der Waals surface area (Å²) in [6.45, 7) is 2.29. The minimum Gasteiger partial charge on any atom is -0.481 e. The van der Waals surface area contributed by atoms with Crippen molar-refractivity contribution in [2.45, 2.75) is 86.5 Å². The third-order valence-corrected chi connectivity index (χ3v) is 5.50. The maximum absolute atomic E-state index is 10.2. The zero-order valence-electron chi connectivity index (χ0n) is 15.4. The van der Waals surface area contributed by atoms with Crippen molar-refractivity contribution in [3.8, 4) is 0 Å². The summed E-state index contributed by atoms with van der Waals surface area (Å²) in [5.74, 6) is -3.50. The maximum atomic E-state index is 10.2. The molecule has 0 aromatic carbocycles. The van der Waals surface area contributed by atoms with Crippen molar-refractivity contribution in [3.05, 3.63) is 0 Å². The smallest absolute Gasteiger partial charge is 0.325 e. The predicted octanol–water partition coefficient (Wildman–Crippen LogP) is 3.30. The number of rotatable bonds is 14. The van der Waals surface area contributed by atoms with Gasteiger partial charge in [-0.1, -0.05) is 0 Å². The first-order valence-electron chi connectivity index (χ1n) is 9.07. The minimum atomic E-state index is -4.84. The molecule has 9 heteroatoms. The van der Waals surface area contributed by atoms with Crippen LogP contribution < -0.4 is 0 Å². The molecule has 25 heavy (non-hydrogen) atoms. The molecule has 0 spiro atoms. The fraction of sp³-hybridized carbons (Fsp3) is 0.875. The first-order chi connectivity index (χ1) is 11.7. The van der Waals surface area contributed by atoms with E-state index in [-0.39, 0.29) is 0 Å². The van der Waals surface area contributed by atoms with Gasteiger partial charge in [0.15, 0.2) is 5.25 Å². The molecule has 0 rings (SSSR count). The van der Waals surface area contributed by atoms with E-state index in [2.05, 4.69) is 6.92 Å². The fourth-order valence-electron chi connectivity index (χ4n) is 2.22. The zero-order chi connectivity index (χ0) is 19.7. The molecule has 0 aromatic rings. The Balaban J connectivity index is 0. The normalized spacial score (nSPS) is 12.2. The predicted molar refractivity (Wildman–Crippen MR) is 97.6 cm³/mol. The van der Waals surface area contributed by atoms with Crippen molar-refractivity contribution in [3.63, 3.8) is 0 Å². The van der Waals surface area contributed by atoms with Gasteiger partial charge in [0.1, 0.15) is 0 Å². The number of aliphatic carboxylic acids is 2. The van der Waals surface area contributed by atoms with Crippen molar-refractivity contribution >= 4 is 50.0 Å². The number of hydrogen-bond donors (Lipinski definition) is 3. The van der Waals surface area contributed by atoms with Crippen molar-refractivity contribution in [2.75, 3.05) is 0 Å². The fourth-order valence-corrected chi connectivity index (χ4v) is 3.32. The summed E-state index contributed by atoms with van der Waals surface area (Å²) in [6.07, 6.45) is 13.6. The molecule has 0 aromatic heterocycles. The molecule has 7 nitrogen and oxygen atoms in total. The van der Waals surface area contributed by atoms with Gasteiger partial charge in [-0.15, -0.1) is 0 Å². The zero-order valence-corrected chi connectivity index (χ0v) is 18.3. The van der Waals surface area contributed by atoms with E-state index in [1.807, 2.05) is 0 Å². The minimum absolute atomic E-state index is 1.16. The van der Waals surface area contributed by atoms with Gasteiger partial charge in [-0.05, 0) is 0 Å². The van der Waals surface area contributed by atoms with Gasteiger partial charge in [0.2, 0.25) is 0 Å². The standard InChI is InChI=1S/C12H25.C4H6O7S.Na/c1-3-5-7-9-11-12-10-8-6-4-2;5-3(6)1-2(4(7)8)12(9,10)11;/h1,3-12H2,2H3;2H,1H2,(H,5,6)(H,7,8)(H,9,10,11);. The van der Waals surface area contributed by atoms with Gasteiger partial charge in [-0.25, -0.2) is 0 Å². The van der Waals surface area contributed by atoms with Crippen LogP contribution in [0.4, 0.5) is 0 Å². The molecule has 0 saturated carbocycles. The molecule has 0 bridgehead atoms. The summed E-state index contributed by atoms with van der Waals surface area (Å²) < 4.78 is 30.2. The van der Waals surface area contributed by atoms with Gasteiger partial charge in [0.05, 0.1) is 6.42 Å². The molecule has 1 unspecified atom stereocenters. The molecular weight excluding hydrogens is 359 g/mol. The van der Waals surface area contributed by atoms with E-state index in [4.69, 9.17) is 14.8 Å². The van der Waals surface area contributed by atoms with Gasteiger partial charge in [-0.3, -0.25) is 14.1 Å². The topological polar surface area (TPSA) is 129 Å². The van der Waals surface area contributed by atoms with Crippen LogP contribution in [0.15, 0.2) is 0 Å². The first kappa shape index (κ1) is 27.1. The Bertz CT molecular complexity index is 441. The molecule has 0 aliphatic carbocycles. The monoisotopic (exact) mass is 390 g/mol. The summed E-state index contributed by atoms with van der Waals surface area (Å²) in [5.41, 5.74) is 0. The molecule has 0 fully saturated rings. The quantitative estimate of drug-likeness (QED) is 0.236. The van der Waals surface area contributed by atoms with Crippen LogP contribution >= 0.6 is 0 Å². The first-order valence-corrected chi connectivity index (χ1v) is 12.0. The van der Waals surface area contributed by atoms with Crippen LogP contribution in [0.3, 0.4) is 0 Å². The Kier molecular flexibility index (Phi) is 18.7. The number of carbonyl (C=O) groups is 2. The van der Waals surface area contributed by atoms with Crippen LogP contribution in [-0.4, -0.2) is 68.3 Å². The van der Waals surface area contributed by atoms with Crippen molar-refractivity contribution in [2.24, 2.45) is 0 Å². The second-order valence-corrected chi connectivity index (χ2v) is 8.72. The van der Waals surface area contributed by atoms with Gasteiger partial charge in [0.25, 0.3) is 10.1 Å². The van der Waals surface area contributed by atoms with Gasteiger partial charge in [-0.2, -0.15) is 8.42 Å². The average molecular weight is 390 g/mol. The Morgan fingerprint density at radius 2 is 1.28 bits per heavy atom. The maximum Gasteiger partial charge on any atom is 0.325 e. The van der Waals surface area contributed by atoms with E-state index in [1.165, 1.54) is 95.8 Å². The van der Waals surface area contributed by atoms with Crippen molar-refractivity contribution < 1.29 is 32.8 Å². The molecule has 0 amide bonds. The number of carboxylic acid groups (broad SMARTS) is 2. The molecule has 3 N–H and O–H groups in total. The van der Waals surface area contributed by atoms with Crippen LogP contribution in [0.5, 0.6) is 0 Å². The molecule has 0 heterocycles. The molecular formula is C16H31NaO7S. The summed E-state index contributed by atoms with van der Waals surface area (Å²) >= 11 is 1.41. The van der Waals surface area contributed by atoms with E-state index in [0.29, 0.717) is 0 Å². The van der Waals surface area contributed by atoms with E-state index in [9.17, 15) is 18.0 Å². The Morgan fingerprint density at radius 3 is 1.52 bits per heavy atom. The van der Waals surface area contributed by atoms with Crippen LogP contribution in [0.1, 0.15) is 77.6 Å². The Morgan fingerprint density at radius 1 is 0.880 bits per heavy atom. The number of unbranched alkanes of at least 4 members (excludes halogenated alkanes) is 9. The molecule has 0 saturated heterocycles. The number of hydrogen-bond acceptors (Lipinski definition) is 4. The van der Waals surface area contributed by atoms with E-state index in [1.54, 1.807) is 0 Å². The second kappa shape index (κ2) is 17.3. The Hall–Kier alpha value is -0.150. The van der Waals surface area contributed by atoms with Crippen molar-refractivity contribution in [1.82, 2.24) is 0 Å². The summed E-state index contributed by atoms with van der Waals surface area (Å²) in [4.78, 5) is 20.0. The second-order valence-electron chi connectivity index (χ2n) is 6.12. The summed E-state index contributed by atoms with van der Waals surface area (Å²) in [7, 11) is -4.84. The van der Waals surface area contributed by atoms with Gasteiger partial charge < -0.3 is 10.2 Å². The average Bonchev–Trinajstić information content (AvgIpc) is 2.50. The van der Waals surface area contributed by atoms with Crippen LogP contribution in [0.25, 0.3) is 0 Å².